The highest BCUT2D eigenvalue weighted by atomic mass is 19.1. The highest BCUT2D eigenvalue weighted by molar-refractivity contribution is 5.88. The van der Waals surface area contributed by atoms with Crippen molar-refractivity contribution in [3.8, 4) is 5.75 Å². The van der Waals surface area contributed by atoms with E-state index in [2.05, 4.69) is 18.7 Å². The van der Waals surface area contributed by atoms with Crippen LogP contribution in [0.1, 0.15) is 24.2 Å². The molecule has 0 radical (unpaired) electrons. The number of hydrogen-bond donors (Lipinski definition) is 1. The number of hydrogen-bond acceptors (Lipinski definition) is 4. The molecular weight excluding hydrogens is 277 g/mol. The zero-order chi connectivity index (χ0) is 15.4. The molecule has 0 spiro atoms. The molecule has 1 atom stereocenters. The van der Waals surface area contributed by atoms with Gasteiger partial charge in [0, 0.05) is 25.2 Å². The second kappa shape index (κ2) is 6.87. The van der Waals surface area contributed by atoms with E-state index in [0.717, 1.165) is 19.2 Å². The van der Waals surface area contributed by atoms with Gasteiger partial charge in [-0.3, -0.25) is 4.90 Å². The summed E-state index contributed by atoms with van der Waals surface area (Å²) in [6.45, 7) is 6.89. The monoisotopic (exact) mass is 297 g/mol. The predicted octanol–water partition coefficient (Wildman–Crippen LogP) is 2.01. The summed E-state index contributed by atoms with van der Waals surface area (Å²) < 4.78 is 24.7. The molecule has 1 saturated heterocycles. The summed E-state index contributed by atoms with van der Waals surface area (Å²) in [5, 5.41) is 8.77. The molecule has 0 bridgehead atoms. The number of rotatable bonds is 5. The standard InChI is InChI=1S/C15H20FNO4/c1-10(2)17-5-6-20-12(8-17)9-21-11-3-4-13(15(18)19)14(16)7-11/h3-4,7,10,12H,5-6,8-9H2,1-2H3,(H,18,19). The van der Waals surface area contributed by atoms with Crippen LogP contribution in [0.15, 0.2) is 18.2 Å². The highest BCUT2D eigenvalue weighted by Crippen LogP contribution is 2.18. The van der Waals surface area contributed by atoms with Crippen molar-refractivity contribution in [2.75, 3.05) is 26.3 Å². The number of carbonyl (C=O) groups is 1. The molecule has 1 aliphatic heterocycles. The van der Waals surface area contributed by atoms with Crippen LogP contribution in [0.3, 0.4) is 0 Å². The smallest absolute Gasteiger partial charge is 0.338 e. The largest absolute Gasteiger partial charge is 0.491 e. The van der Waals surface area contributed by atoms with Crippen LogP contribution in [0.5, 0.6) is 5.75 Å². The molecule has 116 valence electrons. The minimum atomic E-state index is -1.29. The third kappa shape index (κ3) is 4.15. The lowest BCUT2D eigenvalue weighted by Crippen LogP contribution is -2.47. The first kappa shape index (κ1) is 15.7. The van der Waals surface area contributed by atoms with Crippen LogP contribution in [-0.2, 0) is 4.74 Å². The van der Waals surface area contributed by atoms with Gasteiger partial charge in [0.1, 0.15) is 24.3 Å². The molecule has 6 heteroatoms. The Morgan fingerprint density at radius 1 is 1.57 bits per heavy atom. The van der Waals surface area contributed by atoms with Gasteiger partial charge in [0.25, 0.3) is 0 Å². The molecule has 2 rings (SSSR count). The number of morpholine rings is 1. The molecule has 1 N–H and O–H groups in total. The number of benzene rings is 1. The lowest BCUT2D eigenvalue weighted by atomic mass is 10.2. The van der Waals surface area contributed by atoms with Gasteiger partial charge in [0.05, 0.1) is 12.2 Å². The van der Waals surface area contributed by atoms with Crippen LogP contribution in [-0.4, -0.2) is 54.4 Å². The van der Waals surface area contributed by atoms with Crippen molar-refractivity contribution < 1.29 is 23.8 Å². The summed E-state index contributed by atoms with van der Waals surface area (Å²) in [4.78, 5) is 13.0. The van der Waals surface area contributed by atoms with Gasteiger partial charge in [-0.2, -0.15) is 0 Å². The van der Waals surface area contributed by atoms with E-state index in [0.29, 0.717) is 25.0 Å². The molecule has 21 heavy (non-hydrogen) atoms. The van der Waals surface area contributed by atoms with Crippen molar-refractivity contribution in [2.45, 2.75) is 26.0 Å². The Balaban J connectivity index is 1.91. The molecule has 0 saturated carbocycles. The lowest BCUT2D eigenvalue weighted by Gasteiger charge is -2.35. The minimum absolute atomic E-state index is 0.0663. The van der Waals surface area contributed by atoms with Gasteiger partial charge in [-0.05, 0) is 26.0 Å². The summed E-state index contributed by atoms with van der Waals surface area (Å²) in [5.74, 6) is -1.78. The van der Waals surface area contributed by atoms with Crippen LogP contribution in [0.4, 0.5) is 4.39 Å². The first-order valence-electron chi connectivity index (χ1n) is 6.98. The van der Waals surface area contributed by atoms with E-state index in [1.165, 1.54) is 12.1 Å². The highest BCUT2D eigenvalue weighted by Gasteiger charge is 2.22. The van der Waals surface area contributed by atoms with Crippen LogP contribution >= 0.6 is 0 Å². The third-order valence-electron chi connectivity index (χ3n) is 3.51. The molecule has 1 fully saturated rings. The van der Waals surface area contributed by atoms with E-state index in [4.69, 9.17) is 14.6 Å². The van der Waals surface area contributed by atoms with E-state index < -0.39 is 11.8 Å². The van der Waals surface area contributed by atoms with Gasteiger partial charge >= 0.3 is 5.97 Å². The Morgan fingerprint density at radius 3 is 2.95 bits per heavy atom. The lowest BCUT2D eigenvalue weighted by molar-refractivity contribution is -0.0564. The second-order valence-corrected chi connectivity index (χ2v) is 5.34. The van der Waals surface area contributed by atoms with Crippen molar-refractivity contribution >= 4 is 5.97 Å². The molecule has 1 aromatic rings. The first-order valence-corrected chi connectivity index (χ1v) is 6.98. The van der Waals surface area contributed by atoms with Gasteiger partial charge < -0.3 is 14.6 Å². The Labute approximate surface area is 123 Å². The van der Waals surface area contributed by atoms with E-state index in [-0.39, 0.29) is 11.7 Å². The number of halogens is 1. The maximum atomic E-state index is 13.5. The van der Waals surface area contributed by atoms with Crippen LogP contribution in [0.25, 0.3) is 0 Å². The van der Waals surface area contributed by atoms with Crippen molar-refractivity contribution in [1.82, 2.24) is 4.90 Å². The van der Waals surface area contributed by atoms with Crippen molar-refractivity contribution in [3.63, 3.8) is 0 Å². The van der Waals surface area contributed by atoms with Crippen molar-refractivity contribution in [2.24, 2.45) is 0 Å². The van der Waals surface area contributed by atoms with Gasteiger partial charge in [0.15, 0.2) is 0 Å². The molecule has 1 aliphatic rings. The van der Waals surface area contributed by atoms with E-state index in [9.17, 15) is 9.18 Å². The summed E-state index contributed by atoms with van der Waals surface area (Å²) in [5.41, 5.74) is -0.359. The van der Waals surface area contributed by atoms with E-state index >= 15 is 0 Å². The number of nitrogens with zero attached hydrogens (tertiary/aromatic N) is 1. The Bertz CT molecular complexity index is 506. The zero-order valence-corrected chi connectivity index (χ0v) is 12.2. The average molecular weight is 297 g/mol. The zero-order valence-electron chi connectivity index (χ0n) is 12.2. The Hall–Kier alpha value is -1.66. The Kier molecular flexibility index (Phi) is 5.14. The topological polar surface area (TPSA) is 59.0 Å². The van der Waals surface area contributed by atoms with E-state index in [1.54, 1.807) is 0 Å². The number of ether oxygens (including phenoxy) is 2. The molecular formula is C15H20FNO4. The third-order valence-corrected chi connectivity index (χ3v) is 3.51. The molecule has 5 nitrogen and oxygen atoms in total. The van der Waals surface area contributed by atoms with Gasteiger partial charge in [-0.15, -0.1) is 0 Å². The molecule has 0 aliphatic carbocycles. The van der Waals surface area contributed by atoms with Crippen LogP contribution < -0.4 is 4.74 Å². The number of aromatic carboxylic acids is 1. The molecule has 0 amide bonds. The fraction of sp³-hybridized carbons (Fsp3) is 0.533. The van der Waals surface area contributed by atoms with Crippen molar-refractivity contribution in [3.05, 3.63) is 29.6 Å². The van der Waals surface area contributed by atoms with Crippen molar-refractivity contribution in [1.29, 1.82) is 0 Å². The molecule has 1 aromatic carbocycles. The second-order valence-electron chi connectivity index (χ2n) is 5.34. The molecule has 0 aromatic heterocycles. The van der Waals surface area contributed by atoms with Crippen LogP contribution in [0, 0.1) is 5.82 Å². The summed E-state index contributed by atoms with van der Waals surface area (Å²) >= 11 is 0. The number of carboxylic acid groups (broad SMARTS) is 1. The fourth-order valence-corrected chi connectivity index (χ4v) is 2.26. The first-order chi connectivity index (χ1) is 9.97. The number of carboxylic acids is 1. The normalized spacial score (nSPS) is 19.7. The minimum Gasteiger partial charge on any atom is -0.491 e. The summed E-state index contributed by atoms with van der Waals surface area (Å²) in [7, 11) is 0. The van der Waals surface area contributed by atoms with Gasteiger partial charge in [-0.25, -0.2) is 9.18 Å². The quantitative estimate of drug-likeness (QED) is 0.901. The van der Waals surface area contributed by atoms with E-state index in [1.807, 2.05) is 0 Å². The van der Waals surface area contributed by atoms with Gasteiger partial charge in [-0.1, -0.05) is 0 Å². The van der Waals surface area contributed by atoms with Crippen LogP contribution in [0.2, 0.25) is 0 Å². The summed E-state index contributed by atoms with van der Waals surface area (Å²) in [6, 6.07) is 4.20. The predicted molar refractivity (Wildman–Crippen MR) is 75.3 cm³/mol. The SMILES string of the molecule is CC(C)N1CCOC(COc2ccc(C(=O)O)c(F)c2)C1. The average Bonchev–Trinajstić information content (AvgIpc) is 2.45. The Morgan fingerprint density at radius 2 is 2.33 bits per heavy atom. The maximum absolute atomic E-state index is 13.5. The molecule has 1 heterocycles. The fourth-order valence-electron chi connectivity index (χ4n) is 2.26. The molecule has 1 unspecified atom stereocenters. The maximum Gasteiger partial charge on any atom is 0.338 e. The van der Waals surface area contributed by atoms with Gasteiger partial charge in [0.2, 0.25) is 0 Å². The summed E-state index contributed by atoms with van der Waals surface area (Å²) in [6.07, 6.45) is -0.0663.